The zero-order valence-electron chi connectivity index (χ0n) is 17.9. The highest BCUT2D eigenvalue weighted by atomic mass is 19.4. The molecular weight excluding hydrogens is 431 g/mol. The van der Waals surface area contributed by atoms with Crippen LogP contribution in [0, 0.1) is 0 Å². The van der Waals surface area contributed by atoms with Crippen LogP contribution in [0.25, 0.3) is 22.5 Å². The van der Waals surface area contributed by atoms with Crippen molar-refractivity contribution in [2.24, 2.45) is 7.05 Å². The van der Waals surface area contributed by atoms with Crippen molar-refractivity contribution in [2.75, 3.05) is 5.32 Å². The highest BCUT2D eigenvalue weighted by molar-refractivity contribution is 6.06. The molecule has 2 aromatic carbocycles. The smallest absolute Gasteiger partial charge is 0.319 e. The third-order valence-electron chi connectivity index (χ3n) is 5.03. The van der Waals surface area contributed by atoms with Gasteiger partial charge in [-0.2, -0.15) is 18.3 Å². The van der Waals surface area contributed by atoms with Crippen molar-refractivity contribution < 1.29 is 18.0 Å². The largest absolute Gasteiger partial charge is 0.417 e. The SMILES string of the molecule is CCc1ncc(NC(=O)c2ccc(C(F)(F)F)c(-c3ccn(C)n3)c2)c(-c2ccccc2)n1. The molecule has 9 heteroatoms. The molecule has 0 aliphatic carbocycles. The predicted molar refractivity (Wildman–Crippen MR) is 118 cm³/mol. The van der Waals surface area contributed by atoms with E-state index in [4.69, 9.17) is 0 Å². The molecule has 0 bridgehead atoms. The van der Waals surface area contributed by atoms with E-state index >= 15 is 0 Å². The summed E-state index contributed by atoms with van der Waals surface area (Å²) in [7, 11) is 1.61. The topological polar surface area (TPSA) is 72.7 Å². The lowest BCUT2D eigenvalue weighted by Crippen LogP contribution is -2.15. The number of hydrogen-bond donors (Lipinski definition) is 1. The minimum Gasteiger partial charge on any atom is -0.319 e. The number of nitrogens with one attached hydrogen (secondary N) is 1. The van der Waals surface area contributed by atoms with Gasteiger partial charge in [0.1, 0.15) is 5.82 Å². The average Bonchev–Trinajstić information content (AvgIpc) is 3.25. The van der Waals surface area contributed by atoms with E-state index in [2.05, 4.69) is 20.4 Å². The van der Waals surface area contributed by atoms with Gasteiger partial charge in [-0.3, -0.25) is 9.48 Å². The summed E-state index contributed by atoms with van der Waals surface area (Å²) < 4.78 is 42.1. The molecule has 1 N–H and O–H groups in total. The first-order valence-electron chi connectivity index (χ1n) is 10.2. The molecule has 0 fully saturated rings. The number of alkyl halides is 3. The van der Waals surface area contributed by atoms with Crippen LogP contribution in [0.3, 0.4) is 0 Å². The lowest BCUT2D eigenvalue weighted by atomic mass is 10.0. The third-order valence-corrected chi connectivity index (χ3v) is 5.03. The van der Waals surface area contributed by atoms with Crippen LogP contribution in [0.5, 0.6) is 0 Å². The van der Waals surface area contributed by atoms with Crippen LogP contribution in [0.15, 0.2) is 67.0 Å². The van der Waals surface area contributed by atoms with Gasteiger partial charge in [0.25, 0.3) is 5.91 Å². The van der Waals surface area contributed by atoms with Crippen molar-refractivity contribution in [1.82, 2.24) is 19.7 Å². The molecule has 0 aliphatic heterocycles. The van der Waals surface area contributed by atoms with Gasteiger partial charge in [0.05, 0.1) is 28.8 Å². The molecule has 0 unspecified atom stereocenters. The van der Waals surface area contributed by atoms with Crippen LogP contribution in [0.4, 0.5) is 18.9 Å². The summed E-state index contributed by atoms with van der Waals surface area (Å²) in [6.45, 7) is 1.92. The van der Waals surface area contributed by atoms with E-state index in [9.17, 15) is 18.0 Å². The maximum Gasteiger partial charge on any atom is 0.417 e. The molecule has 4 aromatic rings. The first-order valence-corrected chi connectivity index (χ1v) is 10.2. The van der Waals surface area contributed by atoms with Gasteiger partial charge in [-0.05, 0) is 24.3 Å². The number of benzene rings is 2. The fourth-order valence-corrected chi connectivity index (χ4v) is 3.39. The Morgan fingerprint density at radius 3 is 2.48 bits per heavy atom. The number of hydrogen-bond acceptors (Lipinski definition) is 4. The van der Waals surface area contributed by atoms with Crippen LogP contribution < -0.4 is 5.32 Å². The fraction of sp³-hybridized carbons (Fsp3) is 0.167. The molecule has 0 saturated carbocycles. The van der Waals surface area contributed by atoms with Crippen LogP contribution in [-0.4, -0.2) is 25.7 Å². The summed E-state index contributed by atoms with van der Waals surface area (Å²) in [6.07, 6.45) is -0.927. The van der Waals surface area contributed by atoms with Gasteiger partial charge in [-0.1, -0.05) is 37.3 Å². The number of anilines is 1. The lowest BCUT2D eigenvalue weighted by Gasteiger charge is -2.14. The van der Waals surface area contributed by atoms with E-state index in [1.54, 1.807) is 13.2 Å². The molecule has 0 saturated heterocycles. The highest BCUT2D eigenvalue weighted by Gasteiger charge is 2.34. The predicted octanol–water partition coefficient (Wildman–Crippen LogP) is 5.38. The number of carbonyl (C=O) groups excluding carboxylic acids is 1. The second-order valence-electron chi connectivity index (χ2n) is 7.35. The molecule has 0 aliphatic rings. The molecule has 33 heavy (non-hydrogen) atoms. The summed E-state index contributed by atoms with van der Waals surface area (Å²) in [4.78, 5) is 21.8. The van der Waals surface area contributed by atoms with E-state index in [0.717, 1.165) is 17.7 Å². The Morgan fingerprint density at radius 2 is 1.85 bits per heavy atom. The van der Waals surface area contributed by atoms with E-state index < -0.39 is 17.6 Å². The van der Waals surface area contributed by atoms with Gasteiger partial charge >= 0.3 is 6.18 Å². The molecular formula is C24H20F3N5O. The summed E-state index contributed by atoms with van der Waals surface area (Å²) in [5, 5.41) is 6.83. The zero-order chi connectivity index (χ0) is 23.6. The lowest BCUT2D eigenvalue weighted by molar-refractivity contribution is -0.137. The maximum absolute atomic E-state index is 13.6. The Labute approximate surface area is 188 Å². The summed E-state index contributed by atoms with van der Waals surface area (Å²) >= 11 is 0. The molecule has 6 nitrogen and oxygen atoms in total. The molecule has 0 spiro atoms. The highest BCUT2D eigenvalue weighted by Crippen LogP contribution is 2.37. The average molecular weight is 451 g/mol. The minimum absolute atomic E-state index is 0.0576. The van der Waals surface area contributed by atoms with E-state index in [1.165, 1.54) is 23.0 Å². The first-order chi connectivity index (χ1) is 15.8. The molecule has 168 valence electrons. The Hall–Kier alpha value is -4.01. The summed E-state index contributed by atoms with van der Waals surface area (Å²) in [5.74, 6) is 0.0322. The second kappa shape index (κ2) is 8.85. The Kier molecular flexibility index (Phi) is 5.95. The van der Waals surface area contributed by atoms with Crippen molar-refractivity contribution in [2.45, 2.75) is 19.5 Å². The molecule has 0 radical (unpaired) electrons. The van der Waals surface area contributed by atoms with E-state index in [1.807, 2.05) is 37.3 Å². The fourth-order valence-electron chi connectivity index (χ4n) is 3.39. The Bertz CT molecular complexity index is 1300. The van der Waals surface area contributed by atoms with Crippen molar-refractivity contribution in [3.63, 3.8) is 0 Å². The van der Waals surface area contributed by atoms with Gasteiger partial charge in [0, 0.05) is 36.4 Å². The molecule has 2 heterocycles. The van der Waals surface area contributed by atoms with Gasteiger partial charge in [0.15, 0.2) is 0 Å². The number of aryl methyl sites for hydroxylation is 2. The number of carbonyl (C=O) groups is 1. The van der Waals surface area contributed by atoms with E-state index in [0.29, 0.717) is 23.6 Å². The molecule has 4 rings (SSSR count). The van der Waals surface area contributed by atoms with Crippen molar-refractivity contribution >= 4 is 11.6 Å². The van der Waals surface area contributed by atoms with Gasteiger partial charge in [-0.25, -0.2) is 9.97 Å². The van der Waals surface area contributed by atoms with Gasteiger partial charge in [0.2, 0.25) is 0 Å². The minimum atomic E-state index is -4.59. The molecule has 0 atom stereocenters. The van der Waals surface area contributed by atoms with Gasteiger partial charge in [-0.15, -0.1) is 0 Å². The zero-order valence-corrected chi connectivity index (χ0v) is 17.9. The van der Waals surface area contributed by atoms with Crippen molar-refractivity contribution in [1.29, 1.82) is 0 Å². The van der Waals surface area contributed by atoms with E-state index in [-0.39, 0.29) is 16.8 Å². The van der Waals surface area contributed by atoms with Crippen molar-refractivity contribution in [3.05, 3.63) is 83.9 Å². The summed E-state index contributed by atoms with van der Waals surface area (Å²) in [6, 6.07) is 14.0. The van der Waals surface area contributed by atoms with Crippen molar-refractivity contribution in [3.8, 4) is 22.5 Å². The third kappa shape index (κ3) is 4.77. The quantitative estimate of drug-likeness (QED) is 0.442. The number of nitrogens with zero attached hydrogens (tertiary/aromatic N) is 4. The summed E-state index contributed by atoms with van der Waals surface area (Å²) in [5.41, 5.74) is 0.833. The Balaban J connectivity index is 1.73. The monoisotopic (exact) mass is 451 g/mol. The van der Waals surface area contributed by atoms with Gasteiger partial charge < -0.3 is 5.32 Å². The van der Waals surface area contributed by atoms with Crippen LogP contribution in [0.1, 0.15) is 28.7 Å². The number of rotatable bonds is 5. The maximum atomic E-state index is 13.6. The normalized spacial score (nSPS) is 11.4. The first kappa shape index (κ1) is 22.2. The van der Waals surface area contributed by atoms with Crippen LogP contribution in [0.2, 0.25) is 0 Å². The number of aromatic nitrogens is 4. The number of halogens is 3. The standard InChI is InChI=1S/C24H20F3N5O/c1-3-21-28-14-20(22(30-21)15-7-5-4-6-8-15)29-23(33)16-9-10-18(24(25,26)27)17(13-16)19-11-12-32(2)31-19/h4-14H,3H2,1-2H3,(H,29,33). The molecule has 2 aromatic heterocycles. The number of amides is 1. The second-order valence-corrected chi connectivity index (χ2v) is 7.35. The molecule has 1 amide bonds. The Morgan fingerprint density at radius 1 is 1.09 bits per heavy atom. The van der Waals surface area contributed by atoms with Crippen LogP contribution >= 0.6 is 0 Å². The van der Waals surface area contributed by atoms with Crippen LogP contribution in [-0.2, 0) is 19.6 Å².